The minimum Gasteiger partial charge on any atom is -0.489 e. The Balaban J connectivity index is 1.94. The number of hydrogen-bond acceptors (Lipinski definition) is 4. The molecular formula is C16H21NO3. The van der Waals surface area contributed by atoms with Crippen LogP contribution in [0.15, 0.2) is 41.0 Å². The quantitative estimate of drug-likeness (QED) is 0.804. The van der Waals surface area contributed by atoms with Crippen LogP contribution in [0.1, 0.15) is 23.8 Å². The fourth-order valence-corrected chi connectivity index (χ4v) is 1.94. The van der Waals surface area contributed by atoms with E-state index in [0.29, 0.717) is 13.2 Å². The first-order chi connectivity index (χ1) is 9.83. The molecule has 0 aliphatic carbocycles. The van der Waals surface area contributed by atoms with Crippen LogP contribution in [0.25, 0.3) is 0 Å². The fraction of sp³-hybridized carbons (Fsp3) is 0.375. The summed E-state index contributed by atoms with van der Waals surface area (Å²) in [5, 5.41) is 3.25. The molecule has 108 valence electrons. The molecule has 0 saturated carbocycles. The Kier molecular flexibility index (Phi) is 5.65. The van der Waals surface area contributed by atoms with Gasteiger partial charge in [0, 0.05) is 12.7 Å². The highest BCUT2D eigenvalue weighted by Crippen LogP contribution is 2.18. The van der Waals surface area contributed by atoms with Crippen LogP contribution in [0.3, 0.4) is 0 Å². The molecule has 4 heteroatoms. The number of ether oxygens (including phenoxy) is 2. The average molecular weight is 275 g/mol. The van der Waals surface area contributed by atoms with Crippen LogP contribution in [0.2, 0.25) is 0 Å². The maximum Gasteiger partial charge on any atom is 0.124 e. The molecule has 2 rings (SSSR count). The van der Waals surface area contributed by atoms with Gasteiger partial charge < -0.3 is 19.2 Å². The second-order valence-electron chi connectivity index (χ2n) is 4.52. The molecule has 0 aliphatic heterocycles. The molecule has 0 atom stereocenters. The van der Waals surface area contributed by atoms with Gasteiger partial charge in [-0.05, 0) is 30.3 Å². The predicted molar refractivity (Wildman–Crippen MR) is 77.6 cm³/mol. The largest absolute Gasteiger partial charge is 0.489 e. The zero-order valence-electron chi connectivity index (χ0n) is 12.0. The van der Waals surface area contributed by atoms with Crippen molar-refractivity contribution in [2.45, 2.75) is 26.7 Å². The van der Waals surface area contributed by atoms with Gasteiger partial charge in [0.2, 0.25) is 0 Å². The molecule has 1 aromatic heterocycles. The number of furan rings is 1. The van der Waals surface area contributed by atoms with Crippen molar-refractivity contribution < 1.29 is 13.9 Å². The van der Waals surface area contributed by atoms with Crippen molar-refractivity contribution >= 4 is 0 Å². The zero-order valence-corrected chi connectivity index (χ0v) is 12.0. The highest BCUT2D eigenvalue weighted by atomic mass is 16.5. The van der Waals surface area contributed by atoms with Crippen LogP contribution in [0, 0.1) is 0 Å². The number of nitrogens with one attached hydrogen (secondary N) is 1. The van der Waals surface area contributed by atoms with E-state index in [1.807, 2.05) is 30.3 Å². The summed E-state index contributed by atoms with van der Waals surface area (Å²) in [6, 6.07) is 9.88. The Bertz CT molecular complexity index is 522. The van der Waals surface area contributed by atoms with Gasteiger partial charge in [-0.2, -0.15) is 0 Å². The lowest BCUT2D eigenvalue weighted by Crippen LogP contribution is -2.12. The van der Waals surface area contributed by atoms with Crippen molar-refractivity contribution in [3.8, 4) is 5.75 Å². The standard InChI is InChI=1S/C16H21NO3/c1-3-17-10-16-14(7-8-19-16)12-20-15-6-4-5-13(9-15)11-18-2/h4-9,17H,3,10-12H2,1-2H3. The first-order valence-electron chi connectivity index (χ1n) is 6.80. The van der Waals surface area contributed by atoms with E-state index in [9.17, 15) is 0 Å². The van der Waals surface area contributed by atoms with Crippen LogP contribution in [0.4, 0.5) is 0 Å². The van der Waals surface area contributed by atoms with Crippen LogP contribution in [-0.4, -0.2) is 13.7 Å². The first-order valence-corrected chi connectivity index (χ1v) is 6.80. The molecule has 0 unspecified atom stereocenters. The Morgan fingerprint density at radius 1 is 1.20 bits per heavy atom. The summed E-state index contributed by atoms with van der Waals surface area (Å²) in [5.41, 5.74) is 2.17. The van der Waals surface area contributed by atoms with E-state index in [2.05, 4.69) is 12.2 Å². The Hall–Kier alpha value is -1.78. The van der Waals surface area contributed by atoms with Gasteiger partial charge in [-0.3, -0.25) is 0 Å². The molecule has 0 aliphatic rings. The molecule has 1 heterocycles. The Morgan fingerprint density at radius 3 is 2.90 bits per heavy atom. The number of benzene rings is 1. The highest BCUT2D eigenvalue weighted by molar-refractivity contribution is 5.28. The topological polar surface area (TPSA) is 43.6 Å². The molecule has 0 bridgehead atoms. The molecular weight excluding hydrogens is 254 g/mol. The Morgan fingerprint density at radius 2 is 2.10 bits per heavy atom. The van der Waals surface area contributed by atoms with Crippen molar-refractivity contribution in [3.63, 3.8) is 0 Å². The van der Waals surface area contributed by atoms with Crippen LogP contribution >= 0.6 is 0 Å². The summed E-state index contributed by atoms with van der Waals surface area (Å²) in [7, 11) is 1.69. The Labute approximate surface area is 119 Å². The molecule has 2 aromatic rings. The van der Waals surface area contributed by atoms with Crippen LogP contribution < -0.4 is 10.1 Å². The second kappa shape index (κ2) is 7.72. The predicted octanol–water partition coefficient (Wildman–Crippen LogP) is 3.11. The number of methoxy groups -OCH3 is 1. The van der Waals surface area contributed by atoms with Crippen LogP contribution in [-0.2, 0) is 24.5 Å². The molecule has 1 aromatic carbocycles. The summed E-state index contributed by atoms with van der Waals surface area (Å²) in [4.78, 5) is 0. The van der Waals surface area contributed by atoms with Gasteiger partial charge in [0.25, 0.3) is 0 Å². The van der Waals surface area contributed by atoms with Crippen molar-refractivity contribution in [2.75, 3.05) is 13.7 Å². The highest BCUT2D eigenvalue weighted by Gasteiger charge is 2.06. The summed E-state index contributed by atoms with van der Waals surface area (Å²) in [6.07, 6.45) is 1.70. The van der Waals surface area contributed by atoms with E-state index in [4.69, 9.17) is 13.9 Å². The number of hydrogen-bond donors (Lipinski definition) is 1. The van der Waals surface area contributed by atoms with Gasteiger partial charge in [-0.15, -0.1) is 0 Å². The smallest absolute Gasteiger partial charge is 0.124 e. The van der Waals surface area contributed by atoms with Crippen molar-refractivity contribution in [3.05, 3.63) is 53.5 Å². The SMILES string of the molecule is CCNCc1occc1COc1cccc(COC)c1. The van der Waals surface area contributed by atoms with Gasteiger partial charge in [0.05, 0.1) is 19.4 Å². The van der Waals surface area contributed by atoms with E-state index in [1.54, 1.807) is 13.4 Å². The summed E-state index contributed by atoms with van der Waals surface area (Å²) < 4.78 is 16.4. The van der Waals surface area contributed by atoms with Crippen molar-refractivity contribution in [1.29, 1.82) is 0 Å². The van der Waals surface area contributed by atoms with Gasteiger partial charge in [-0.1, -0.05) is 19.1 Å². The molecule has 1 N–H and O–H groups in total. The normalized spacial score (nSPS) is 10.7. The molecule has 20 heavy (non-hydrogen) atoms. The molecule has 0 radical (unpaired) electrons. The molecule has 0 spiro atoms. The summed E-state index contributed by atoms with van der Waals surface area (Å²) >= 11 is 0. The lowest BCUT2D eigenvalue weighted by Gasteiger charge is -2.08. The average Bonchev–Trinajstić information content (AvgIpc) is 2.91. The third kappa shape index (κ3) is 4.11. The van der Waals surface area contributed by atoms with E-state index in [0.717, 1.165) is 35.7 Å². The lowest BCUT2D eigenvalue weighted by atomic mass is 10.2. The molecule has 4 nitrogen and oxygen atoms in total. The van der Waals surface area contributed by atoms with E-state index < -0.39 is 0 Å². The fourth-order valence-electron chi connectivity index (χ4n) is 1.94. The first kappa shape index (κ1) is 14.6. The van der Waals surface area contributed by atoms with Gasteiger partial charge in [0.15, 0.2) is 0 Å². The van der Waals surface area contributed by atoms with Crippen molar-refractivity contribution in [2.24, 2.45) is 0 Å². The summed E-state index contributed by atoms with van der Waals surface area (Å²) in [6.45, 7) is 4.81. The third-order valence-electron chi connectivity index (χ3n) is 2.98. The van der Waals surface area contributed by atoms with E-state index in [1.165, 1.54) is 0 Å². The summed E-state index contributed by atoms with van der Waals surface area (Å²) in [5.74, 6) is 1.77. The van der Waals surface area contributed by atoms with E-state index >= 15 is 0 Å². The van der Waals surface area contributed by atoms with E-state index in [-0.39, 0.29) is 0 Å². The zero-order chi connectivity index (χ0) is 14.2. The van der Waals surface area contributed by atoms with Crippen LogP contribution in [0.5, 0.6) is 5.75 Å². The lowest BCUT2D eigenvalue weighted by molar-refractivity contribution is 0.184. The monoisotopic (exact) mass is 275 g/mol. The molecule has 0 saturated heterocycles. The number of rotatable bonds is 8. The molecule has 0 amide bonds. The second-order valence-corrected chi connectivity index (χ2v) is 4.52. The molecule has 0 fully saturated rings. The third-order valence-corrected chi connectivity index (χ3v) is 2.98. The van der Waals surface area contributed by atoms with Crippen molar-refractivity contribution in [1.82, 2.24) is 5.32 Å². The minimum atomic E-state index is 0.508. The maximum atomic E-state index is 5.81. The van der Waals surface area contributed by atoms with Gasteiger partial charge in [-0.25, -0.2) is 0 Å². The minimum absolute atomic E-state index is 0.508. The van der Waals surface area contributed by atoms with Gasteiger partial charge >= 0.3 is 0 Å². The maximum absolute atomic E-state index is 5.81. The van der Waals surface area contributed by atoms with Gasteiger partial charge in [0.1, 0.15) is 18.1 Å².